The highest BCUT2D eigenvalue weighted by atomic mass is 16.5. The van der Waals surface area contributed by atoms with Crippen LogP contribution < -0.4 is 0 Å². The zero-order valence-electron chi connectivity index (χ0n) is 13.3. The molecule has 1 heterocycles. The number of hydrogen-bond acceptors (Lipinski definition) is 3. The van der Waals surface area contributed by atoms with Crippen molar-refractivity contribution < 1.29 is 9.53 Å². The van der Waals surface area contributed by atoms with Crippen LogP contribution in [0.15, 0.2) is 42.5 Å². The molecule has 1 aliphatic heterocycles. The molecule has 0 unspecified atom stereocenters. The fourth-order valence-electron chi connectivity index (χ4n) is 4.12. The molecule has 3 heteroatoms. The number of ether oxygens (including phenoxy) is 1. The summed E-state index contributed by atoms with van der Waals surface area (Å²) in [7, 11) is 1.51. The van der Waals surface area contributed by atoms with Crippen molar-refractivity contribution in [1.29, 1.82) is 0 Å². The summed E-state index contributed by atoms with van der Waals surface area (Å²) in [6.07, 6.45) is 8.51. The Bertz CT molecular complexity index is 540. The molecule has 0 aromatic heterocycles. The second kappa shape index (κ2) is 6.66. The van der Waals surface area contributed by atoms with Crippen LogP contribution in [0.3, 0.4) is 0 Å². The SMILES string of the molecule is COC(=O)[C@@H]1CC=CC[C@@]12CCCN(Cc1ccccc1)C2. The number of hydrogen-bond donors (Lipinski definition) is 0. The molecule has 2 aliphatic rings. The zero-order valence-corrected chi connectivity index (χ0v) is 13.3. The second-order valence-electron chi connectivity index (χ2n) is 6.65. The first-order valence-corrected chi connectivity index (χ1v) is 8.23. The lowest BCUT2D eigenvalue weighted by Gasteiger charge is -2.47. The normalized spacial score (nSPS) is 28.7. The van der Waals surface area contributed by atoms with Crippen molar-refractivity contribution >= 4 is 5.97 Å². The van der Waals surface area contributed by atoms with E-state index in [1.165, 1.54) is 12.7 Å². The van der Waals surface area contributed by atoms with Crippen molar-refractivity contribution in [3.8, 4) is 0 Å². The summed E-state index contributed by atoms with van der Waals surface area (Å²) in [5.74, 6) is -0.0213. The lowest BCUT2D eigenvalue weighted by molar-refractivity contribution is -0.153. The molecule has 22 heavy (non-hydrogen) atoms. The minimum atomic E-state index is -0.0362. The van der Waals surface area contributed by atoms with Crippen LogP contribution in [0.2, 0.25) is 0 Å². The number of piperidine rings is 1. The molecule has 0 N–H and O–H groups in total. The van der Waals surface area contributed by atoms with E-state index < -0.39 is 0 Å². The number of allylic oxidation sites excluding steroid dienone is 2. The first kappa shape index (κ1) is 15.3. The summed E-state index contributed by atoms with van der Waals surface area (Å²) < 4.78 is 5.08. The predicted octanol–water partition coefficient (Wildman–Crippen LogP) is 3.41. The highest BCUT2D eigenvalue weighted by Crippen LogP contribution is 2.45. The lowest BCUT2D eigenvalue weighted by atomic mass is 9.64. The number of nitrogens with zero attached hydrogens (tertiary/aromatic N) is 1. The molecule has 1 aromatic carbocycles. The third-order valence-electron chi connectivity index (χ3n) is 5.22. The van der Waals surface area contributed by atoms with Gasteiger partial charge in [0, 0.05) is 18.5 Å². The van der Waals surface area contributed by atoms with Crippen LogP contribution in [-0.2, 0) is 16.1 Å². The zero-order chi connectivity index (χ0) is 15.4. The Kier molecular flexibility index (Phi) is 4.63. The Balaban J connectivity index is 1.75. The quantitative estimate of drug-likeness (QED) is 0.633. The molecule has 118 valence electrons. The number of likely N-dealkylation sites (tertiary alicyclic amines) is 1. The Labute approximate surface area is 133 Å². The van der Waals surface area contributed by atoms with Crippen LogP contribution in [0, 0.1) is 11.3 Å². The number of methoxy groups -OCH3 is 1. The Morgan fingerprint density at radius 1 is 1.32 bits per heavy atom. The highest BCUT2D eigenvalue weighted by Gasteiger charge is 2.46. The van der Waals surface area contributed by atoms with E-state index in [0.29, 0.717) is 0 Å². The van der Waals surface area contributed by atoms with E-state index in [-0.39, 0.29) is 17.3 Å². The van der Waals surface area contributed by atoms with E-state index in [2.05, 4.69) is 47.4 Å². The van der Waals surface area contributed by atoms with Crippen molar-refractivity contribution in [3.63, 3.8) is 0 Å². The van der Waals surface area contributed by atoms with Gasteiger partial charge < -0.3 is 4.74 Å². The summed E-state index contributed by atoms with van der Waals surface area (Å²) in [5.41, 5.74) is 1.41. The fraction of sp³-hybridized carbons (Fsp3) is 0.526. The summed E-state index contributed by atoms with van der Waals surface area (Å²) in [5, 5.41) is 0. The van der Waals surface area contributed by atoms with Gasteiger partial charge in [0.1, 0.15) is 0 Å². The predicted molar refractivity (Wildman–Crippen MR) is 87.3 cm³/mol. The van der Waals surface area contributed by atoms with Gasteiger partial charge in [-0.2, -0.15) is 0 Å². The van der Waals surface area contributed by atoms with E-state index in [4.69, 9.17) is 4.74 Å². The van der Waals surface area contributed by atoms with Crippen molar-refractivity contribution in [2.24, 2.45) is 11.3 Å². The summed E-state index contributed by atoms with van der Waals surface area (Å²) >= 11 is 0. The largest absolute Gasteiger partial charge is 0.469 e. The van der Waals surface area contributed by atoms with Crippen LogP contribution in [0.1, 0.15) is 31.2 Å². The van der Waals surface area contributed by atoms with Gasteiger partial charge in [-0.05, 0) is 37.8 Å². The molecule has 3 rings (SSSR count). The third-order valence-corrected chi connectivity index (χ3v) is 5.22. The van der Waals surface area contributed by atoms with Crippen LogP contribution in [0.25, 0.3) is 0 Å². The van der Waals surface area contributed by atoms with Crippen molar-refractivity contribution in [3.05, 3.63) is 48.0 Å². The van der Waals surface area contributed by atoms with Crippen molar-refractivity contribution in [1.82, 2.24) is 4.90 Å². The molecule has 1 spiro atoms. The average molecular weight is 299 g/mol. The van der Waals surface area contributed by atoms with Crippen molar-refractivity contribution in [2.45, 2.75) is 32.2 Å². The van der Waals surface area contributed by atoms with Gasteiger partial charge >= 0.3 is 5.97 Å². The minimum Gasteiger partial charge on any atom is -0.469 e. The van der Waals surface area contributed by atoms with Crippen molar-refractivity contribution in [2.75, 3.05) is 20.2 Å². The van der Waals surface area contributed by atoms with E-state index in [0.717, 1.165) is 45.3 Å². The van der Waals surface area contributed by atoms with E-state index in [9.17, 15) is 4.79 Å². The number of benzene rings is 1. The van der Waals surface area contributed by atoms with Gasteiger partial charge in [-0.15, -0.1) is 0 Å². The first-order valence-electron chi connectivity index (χ1n) is 8.23. The number of esters is 1. The maximum atomic E-state index is 12.2. The number of rotatable bonds is 3. The molecule has 1 aliphatic carbocycles. The molecular formula is C19H25NO2. The summed E-state index contributed by atoms with van der Waals surface area (Å²) in [6.45, 7) is 3.08. The number of carbonyl (C=O) groups is 1. The molecule has 2 atom stereocenters. The van der Waals surface area contributed by atoms with Gasteiger partial charge in [0.15, 0.2) is 0 Å². The molecule has 0 radical (unpaired) electrons. The van der Waals surface area contributed by atoms with Crippen LogP contribution in [0.4, 0.5) is 0 Å². The number of carbonyl (C=O) groups excluding carboxylic acids is 1. The Morgan fingerprint density at radius 2 is 2.14 bits per heavy atom. The lowest BCUT2D eigenvalue weighted by Crippen LogP contribution is -2.50. The van der Waals surface area contributed by atoms with E-state index in [1.807, 2.05) is 0 Å². The molecule has 0 saturated carbocycles. The maximum absolute atomic E-state index is 12.2. The molecular weight excluding hydrogens is 274 g/mol. The van der Waals surface area contributed by atoms with E-state index in [1.54, 1.807) is 0 Å². The molecule has 3 nitrogen and oxygen atoms in total. The van der Waals surface area contributed by atoms with Gasteiger partial charge in [0.2, 0.25) is 0 Å². The monoisotopic (exact) mass is 299 g/mol. The fourth-order valence-corrected chi connectivity index (χ4v) is 4.12. The molecule has 1 saturated heterocycles. The van der Waals surface area contributed by atoms with Crippen LogP contribution >= 0.6 is 0 Å². The summed E-state index contributed by atoms with van der Waals surface area (Å²) in [6, 6.07) is 10.6. The van der Waals surface area contributed by atoms with Crippen LogP contribution in [0.5, 0.6) is 0 Å². The second-order valence-corrected chi connectivity index (χ2v) is 6.65. The molecule has 0 bridgehead atoms. The smallest absolute Gasteiger partial charge is 0.309 e. The highest BCUT2D eigenvalue weighted by molar-refractivity contribution is 5.74. The van der Waals surface area contributed by atoms with E-state index >= 15 is 0 Å². The Hall–Kier alpha value is -1.61. The van der Waals surface area contributed by atoms with Gasteiger partial charge in [-0.3, -0.25) is 9.69 Å². The van der Waals surface area contributed by atoms with Gasteiger partial charge in [0.25, 0.3) is 0 Å². The van der Waals surface area contributed by atoms with Gasteiger partial charge in [0.05, 0.1) is 13.0 Å². The van der Waals surface area contributed by atoms with Gasteiger partial charge in [-0.1, -0.05) is 42.5 Å². The topological polar surface area (TPSA) is 29.5 Å². The maximum Gasteiger partial charge on any atom is 0.309 e. The third kappa shape index (κ3) is 3.09. The molecule has 1 fully saturated rings. The summed E-state index contributed by atoms with van der Waals surface area (Å²) in [4.78, 5) is 14.7. The molecule has 0 amide bonds. The minimum absolute atomic E-state index is 0.0149. The van der Waals surface area contributed by atoms with Crippen LogP contribution in [-0.4, -0.2) is 31.1 Å². The van der Waals surface area contributed by atoms with Gasteiger partial charge in [-0.25, -0.2) is 0 Å². The first-order chi connectivity index (χ1) is 10.7. The Morgan fingerprint density at radius 3 is 2.91 bits per heavy atom. The average Bonchev–Trinajstić information content (AvgIpc) is 2.56. The standard InChI is InChI=1S/C19H25NO2/c1-22-18(21)17-10-5-6-11-19(17)12-7-13-20(15-19)14-16-8-3-2-4-9-16/h2-6,8-9,17H,7,10-15H2,1H3/t17-,19-/m0/s1. The molecule has 1 aromatic rings.